The Labute approximate surface area is 278 Å². The molecule has 3 atom stereocenters. The molecule has 8 nitrogen and oxygen atoms in total. The van der Waals surface area contributed by atoms with Crippen molar-refractivity contribution in [2.45, 2.75) is 44.1 Å². The number of rotatable bonds is 13. The van der Waals surface area contributed by atoms with E-state index in [1.54, 1.807) is 14.2 Å². The topological polar surface area (TPSA) is 81.3 Å². The van der Waals surface area contributed by atoms with Crippen LogP contribution in [0.25, 0.3) is 11.1 Å². The van der Waals surface area contributed by atoms with E-state index in [-0.39, 0.29) is 24.0 Å². The first-order chi connectivity index (χ1) is 23.1. The normalized spacial score (nSPS) is 19.0. The van der Waals surface area contributed by atoms with Crippen molar-refractivity contribution in [1.82, 2.24) is 10.6 Å². The highest BCUT2D eigenvalue weighted by molar-refractivity contribution is 5.82. The molecule has 246 valence electrons. The van der Waals surface area contributed by atoms with Crippen LogP contribution >= 0.6 is 0 Å². The van der Waals surface area contributed by atoms with Crippen LogP contribution in [-0.4, -0.2) is 65.1 Å². The molecule has 2 aliphatic heterocycles. The predicted molar refractivity (Wildman–Crippen MR) is 185 cm³/mol. The second-order valence-corrected chi connectivity index (χ2v) is 12.2. The van der Waals surface area contributed by atoms with Gasteiger partial charge in [0.1, 0.15) is 18.1 Å². The van der Waals surface area contributed by atoms with Crippen LogP contribution in [0.5, 0.6) is 11.5 Å². The standard InChI is InChI=1S/C39H45N3O5/c1-44-20-7-18-42-19-21-46-37-17-12-29(23-36(37)42)27-47-38-26-40-35(24-34(38)31-13-15-33(45-2)16-14-31)39(43)41-25-28-8-6-11-32(22-28)30-9-4-3-5-10-30/h3-6,8-17,22-23,34-35,38,40H,7,18-21,24-27H2,1-2H3,(H,41,43)/t34-,35+,38+/m1/s1. The molecule has 6 rings (SSSR count). The van der Waals surface area contributed by atoms with Crippen LogP contribution in [0.3, 0.4) is 0 Å². The van der Waals surface area contributed by atoms with E-state index in [1.807, 2.05) is 42.5 Å². The van der Waals surface area contributed by atoms with E-state index in [0.717, 1.165) is 71.1 Å². The molecule has 47 heavy (non-hydrogen) atoms. The molecule has 0 aliphatic carbocycles. The van der Waals surface area contributed by atoms with Gasteiger partial charge in [-0.2, -0.15) is 0 Å². The summed E-state index contributed by atoms with van der Waals surface area (Å²) in [6, 6.07) is 32.7. The summed E-state index contributed by atoms with van der Waals surface area (Å²) in [7, 11) is 3.41. The number of anilines is 1. The minimum Gasteiger partial charge on any atom is -0.497 e. The van der Waals surface area contributed by atoms with Crippen LogP contribution in [0.15, 0.2) is 97.1 Å². The highest BCUT2D eigenvalue weighted by Gasteiger charge is 2.35. The molecular weight excluding hydrogens is 590 g/mol. The Hall–Kier alpha value is -4.37. The number of amides is 1. The average molecular weight is 636 g/mol. The first kappa shape index (κ1) is 32.6. The van der Waals surface area contributed by atoms with Crippen molar-refractivity contribution in [2.24, 2.45) is 0 Å². The third-order valence-corrected chi connectivity index (χ3v) is 9.09. The summed E-state index contributed by atoms with van der Waals surface area (Å²) in [4.78, 5) is 15.9. The zero-order valence-corrected chi connectivity index (χ0v) is 27.3. The third kappa shape index (κ3) is 8.32. The maximum absolute atomic E-state index is 13.5. The number of hydrogen-bond donors (Lipinski definition) is 2. The summed E-state index contributed by atoms with van der Waals surface area (Å²) < 4.78 is 23.2. The van der Waals surface area contributed by atoms with Crippen molar-refractivity contribution in [3.8, 4) is 22.6 Å². The molecule has 0 bridgehead atoms. The first-order valence-corrected chi connectivity index (χ1v) is 16.5. The Bertz CT molecular complexity index is 1600. The Morgan fingerprint density at radius 1 is 0.936 bits per heavy atom. The van der Waals surface area contributed by atoms with E-state index in [9.17, 15) is 4.79 Å². The molecule has 0 radical (unpaired) electrons. The zero-order chi connectivity index (χ0) is 32.4. The lowest BCUT2D eigenvalue weighted by molar-refractivity contribution is -0.125. The average Bonchev–Trinajstić information content (AvgIpc) is 3.13. The minimum absolute atomic E-state index is 0.00433. The number of carbonyl (C=O) groups excluding carboxylic acids is 1. The van der Waals surface area contributed by atoms with E-state index < -0.39 is 0 Å². The molecule has 8 heteroatoms. The number of methoxy groups -OCH3 is 2. The molecule has 0 spiro atoms. The van der Waals surface area contributed by atoms with Gasteiger partial charge in [0.2, 0.25) is 5.91 Å². The maximum atomic E-state index is 13.5. The second kappa shape index (κ2) is 16.0. The van der Waals surface area contributed by atoms with E-state index >= 15 is 0 Å². The molecule has 2 aliphatic rings. The summed E-state index contributed by atoms with van der Waals surface area (Å²) >= 11 is 0. The van der Waals surface area contributed by atoms with Gasteiger partial charge >= 0.3 is 0 Å². The van der Waals surface area contributed by atoms with Gasteiger partial charge in [0.25, 0.3) is 0 Å². The Morgan fingerprint density at radius 2 is 1.77 bits per heavy atom. The van der Waals surface area contributed by atoms with E-state index in [4.69, 9.17) is 18.9 Å². The largest absolute Gasteiger partial charge is 0.497 e. The van der Waals surface area contributed by atoms with Crippen molar-refractivity contribution >= 4 is 11.6 Å². The van der Waals surface area contributed by atoms with Crippen LogP contribution in [0.4, 0.5) is 5.69 Å². The molecule has 0 unspecified atom stereocenters. The van der Waals surface area contributed by atoms with Gasteiger partial charge in [0.05, 0.1) is 38.1 Å². The predicted octanol–water partition coefficient (Wildman–Crippen LogP) is 5.94. The molecular formula is C39H45N3O5. The van der Waals surface area contributed by atoms with Crippen molar-refractivity contribution in [1.29, 1.82) is 0 Å². The third-order valence-electron chi connectivity index (χ3n) is 9.09. The molecule has 1 fully saturated rings. The number of benzene rings is 4. The molecule has 2 N–H and O–H groups in total. The van der Waals surface area contributed by atoms with E-state index in [2.05, 4.69) is 70.1 Å². The Morgan fingerprint density at radius 3 is 2.57 bits per heavy atom. The minimum atomic E-state index is -0.333. The zero-order valence-electron chi connectivity index (χ0n) is 27.3. The second-order valence-electron chi connectivity index (χ2n) is 12.2. The van der Waals surface area contributed by atoms with Crippen LogP contribution in [0, 0.1) is 0 Å². The van der Waals surface area contributed by atoms with Crippen LogP contribution in [0.2, 0.25) is 0 Å². The maximum Gasteiger partial charge on any atom is 0.237 e. The highest BCUT2D eigenvalue weighted by Crippen LogP contribution is 2.35. The summed E-state index contributed by atoms with van der Waals surface area (Å²) in [5, 5.41) is 6.66. The summed E-state index contributed by atoms with van der Waals surface area (Å²) in [6.45, 7) is 4.69. The van der Waals surface area contributed by atoms with Crippen LogP contribution < -0.4 is 25.0 Å². The summed E-state index contributed by atoms with van der Waals surface area (Å²) in [5.41, 5.74) is 6.69. The van der Waals surface area contributed by atoms with Crippen molar-refractivity contribution in [2.75, 3.05) is 52.0 Å². The molecule has 4 aromatic carbocycles. The van der Waals surface area contributed by atoms with Gasteiger partial charge in [0.15, 0.2) is 0 Å². The number of carbonyl (C=O) groups is 1. The first-order valence-electron chi connectivity index (χ1n) is 16.5. The summed E-state index contributed by atoms with van der Waals surface area (Å²) in [5.74, 6) is 1.74. The molecule has 1 saturated heterocycles. The number of hydrogen-bond acceptors (Lipinski definition) is 7. The van der Waals surface area contributed by atoms with Crippen LogP contribution in [0.1, 0.15) is 35.4 Å². The molecule has 0 saturated carbocycles. The lowest BCUT2D eigenvalue weighted by Crippen LogP contribution is -2.53. The molecule has 2 heterocycles. The van der Waals surface area contributed by atoms with Gasteiger partial charge in [-0.3, -0.25) is 4.79 Å². The van der Waals surface area contributed by atoms with Gasteiger partial charge in [-0.15, -0.1) is 0 Å². The molecule has 0 aromatic heterocycles. The van der Waals surface area contributed by atoms with Gasteiger partial charge in [-0.05, 0) is 71.0 Å². The van der Waals surface area contributed by atoms with Gasteiger partial charge in [-0.1, -0.05) is 66.7 Å². The fourth-order valence-electron chi connectivity index (χ4n) is 6.51. The SMILES string of the molecule is COCCCN1CCOc2ccc(CO[C@H]3CN[C@H](C(=O)NCc4cccc(-c5ccccc5)c4)C[C@@H]3c3ccc(OC)cc3)cc21. The van der Waals surface area contributed by atoms with Gasteiger partial charge < -0.3 is 34.5 Å². The Kier molecular flexibility index (Phi) is 11.1. The van der Waals surface area contributed by atoms with Crippen LogP contribution in [-0.2, 0) is 27.4 Å². The Balaban J connectivity index is 1.11. The van der Waals surface area contributed by atoms with Gasteiger partial charge in [-0.25, -0.2) is 0 Å². The quantitative estimate of drug-likeness (QED) is 0.176. The fraction of sp³-hybridized carbons (Fsp3) is 0.359. The van der Waals surface area contributed by atoms with E-state index in [0.29, 0.717) is 32.7 Å². The lowest BCUT2D eigenvalue weighted by atomic mass is 9.83. The smallest absolute Gasteiger partial charge is 0.237 e. The van der Waals surface area contributed by atoms with E-state index in [1.165, 1.54) is 0 Å². The fourth-order valence-corrected chi connectivity index (χ4v) is 6.51. The number of nitrogens with zero attached hydrogens (tertiary/aromatic N) is 1. The monoisotopic (exact) mass is 635 g/mol. The highest BCUT2D eigenvalue weighted by atomic mass is 16.5. The number of fused-ring (bicyclic) bond motifs is 1. The van der Waals surface area contributed by atoms with Crippen molar-refractivity contribution < 1.29 is 23.7 Å². The number of ether oxygens (including phenoxy) is 4. The lowest BCUT2D eigenvalue weighted by Gasteiger charge is -2.37. The van der Waals surface area contributed by atoms with Gasteiger partial charge in [0, 0.05) is 39.3 Å². The van der Waals surface area contributed by atoms with Crippen molar-refractivity contribution in [3.05, 3.63) is 114 Å². The molecule has 1 amide bonds. The number of piperidine rings is 1. The van der Waals surface area contributed by atoms with Crippen molar-refractivity contribution in [3.63, 3.8) is 0 Å². The number of nitrogens with one attached hydrogen (secondary N) is 2. The molecule has 4 aromatic rings. The summed E-state index contributed by atoms with van der Waals surface area (Å²) in [6.07, 6.45) is 1.47.